The van der Waals surface area contributed by atoms with E-state index in [0.717, 1.165) is 12.1 Å². The van der Waals surface area contributed by atoms with Crippen molar-refractivity contribution in [2.45, 2.75) is 96.9 Å². The maximum absolute atomic E-state index is 10.4. The Labute approximate surface area is 200 Å². The zero-order chi connectivity index (χ0) is 23.7. The molecule has 2 rings (SSSR count). The van der Waals surface area contributed by atoms with Gasteiger partial charge in [0.1, 0.15) is 5.75 Å². The summed E-state index contributed by atoms with van der Waals surface area (Å²) in [7, 11) is 0. The predicted octanol–water partition coefficient (Wildman–Crippen LogP) is 6.71. The molecule has 0 saturated heterocycles. The number of benzene rings is 2. The Morgan fingerprint density at radius 2 is 1.27 bits per heavy atom. The Hall–Kier alpha value is -2.24. The number of aryl methyl sites for hydroxylation is 1. The molecule has 0 amide bonds. The van der Waals surface area contributed by atoms with E-state index in [2.05, 4.69) is 29.7 Å². The molecule has 0 saturated carbocycles. The maximum Gasteiger partial charge on any atom is 0.169 e. The number of unbranched alkanes of at least 4 members (excludes halogenated alkanes) is 9. The number of nitrogens with one attached hydrogen (secondary N) is 2. The van der Waals surface area contributed by atoms with Crippen molar-refractivity contribution in [3.63, 3.8) is 0 Å². The summed E-state index contributed by atoms with van der Waals surface area (Å²) in [5.74, 6) is 0.641. The van der Waals surface area contributed by atoms with Gasteiger partial charge < -0.3 is 25.6 Å². The molecule has 33 heavy (non-hydrogen) atoms. The fourth-order valence-electron chi connectivity index (χ4n) is 3.94. The molecule has 2 aromatic carbocycles. The van der Waals surface area contributed by atoms with Crippen LogP contribution in [-0.4, -0.2) is 29.3 Å². The number of anilines is 2. The molecule has 0 fully saturated rings. The van der Waals surface area contributed by atoms with Crippen LogP contribution in [0, 0.1) is 0 Å². The largest absolute Gasteiger partial charge is 0.492 e. The molecule has 0 bridgehead atoms. The van der Waals surface area contributed by atoms with E-state index in [-0.39, 0.29) is 0 Å². The summed E-state index contributed by atoms with van der Waals surface area (Å²) in [6, 6.07) is 15.4. The first-order valence-electron chi connectivity index (χ1n) is 12.8. The van der Waals surface area contributed by atoms with Crippen molar-refractivity contribution >= 4 is 11.4 Å². The number of hydrogen-bond acceptors (Lipinski definition) is 5. The van der Waals surface area contributed by atoms with Gasteiger partial charge in [-0.25, -0.2) is 0 Å². The van der Waals surface area contributed by atoms with Gasteiger partial charge in [-0.1, -0.05) is 89.0 Å². The first-order valence-corrected chi connectivity index (χ1v) is 12.8. The Kier molecular flexibility index (Phi) is 13.4. The van der Waals surface area contributed by atoms with Crippen molar-refractivity contribution in [1.29, 1.82) is 0 Å². The van der Waals surface area contributed by atoms with E-state index in [9.17, 15) is 10.2 Å². The van der Waals surface area contributed by atoms with Crippen LogP contribution in [-0.2, 0) is 6.42 Å². The number of aliphatic hydroxyl groups excluding tert-OH is 2. The first-order chi connectivity index (χ1) is 16.1. The number of rotatable bonds is 18. The lowest BCUT2D eigenvalue weighted by atomic mass is 10.0. The molecule has 0 aliphatic heterocycles. The molecule has 2 aromatic rings. The van der Waals surface area contributed by atoms with Crippen molar-refractivity contribution in [3.8, 4) is 5.75 Å². The van der Waals surface area contributed by atoms with Crippen LogP contribution in [0.5, 0.6) is 5.75 Å². The van der Waals surface area contributed by atoms with Crippen LogP contribution in [0.1, 0.15) is 83.6 Å². The summed E-state index contributed by atoms with van der Waals surface area (Å²) >= 11 is 0. The fourth-order valence-corrected chi connectivity index (χ4v) is 3.94. The minimum atomic E-state index is -1.18. The third-order valence-electron chi connectivity index (χ3n) is 5.88. The molecular formula is C28H44N2O3. The van der Waals surface area contributed by atoms with Gasteiger partial charge in [0.2, 0.25) is 0 Å². The van der Waals surface area contributed by atoms with E-state index in [1.54, 1.807) is 0 Å². The second kappa shape index (κ2) is 16.4. The summed E-state index contributed by atoms with van der Waals surface area (Å²) in [4.78, 5) is 0. The van der Waals surface area contributed by atoms with Crippen molar-refractivity contribution in [3.05, 3.63) is 54.1 Å². The molecule has 5 nitrogen and oxygen atoms in total. The molecule has 0 heterocycles. The quantitative estimate of drug-likeness (QED) is 0.148. The molecule has 0 spiro atoms. The van der Waals surface area contributed by atoms with E-state index in [1.165, 1.54) is 69.8 Å². The highest BCUT2D eigenvalue weighted by atomic mass is 16.5. The fraction of sp³-hybridized carbons (Fsp3) is 0.571. The average molecular weight is 457 g/mol. The monoisotopic (exact) mass is 456 g/mol. The smallest absolute Gasteiger partial charge is 0.169 e. The second-order valence-electron chi connectivity index (χ2n) is 8.74. The molecule has 4 N–H and O–H groups in total. The Morgan fingerprint density at radius 1 is 0.697 bits per heavy atom. The van der Waals surface area contributed by atoms with Gasteiger partial charge >= 0.3 is 0 Å². The summed E-state index contributed by atoms with van der Waals surface area (Å²) in [5.41, 5.74) is 2.71. The van der Waals surface area contributed by atoms with Crippen molar-refractivity contribution in [2.75, 3.05) is 17.2 Å². The highest BCUT2D eigenvalue weighted by Crippen LogP contribution is 2.25. The third-order valence-corrected chi connectivity index (χ3v) is 5.88. The Bertz CT molecular complexity index is 751. The highest BCUT2D eigenvalue weighted by Gasteiger charge is 2.17. The van der Waals surface area contributed by atoms with Gasteiger partial charge in [0.05, 0.1) is 12.3 Å². The topological polar surface area (TPSA) is 73.8 Å². The molecule has 2 atom stereocenters. The van der Waals surface area contributed by atoms with Crippen LogP contribution in [0.15, 0.2) is 48.5 Å². The van der Waals surface area contributed by atoms with Gasteiger partial charge in [-0.15, -0.1) is 0 Å². The SMILES string of the molecule is CCCCCCCCCCCCc1ccc(NC(O)C(O)Nc2ccccc2OCC)cc1. The van der Waals surface area contributed by atoms with Gasteiger partial charge in [-0.05, 0) is 49.6 Å². The van der Waals surface area contributed by atoms with Crippen LogP contribution in [0.3, 0.4) is 0 Å². The molecule has 2 unspecified atom stereocenters. The van der Waals surface area contributed by atoms with Gasteiger partial charge in [-0.2, -0.15) is 0 Å². The number of ether oxygens (including phenoxy) is 1. The summed E-state index contributed by atoms with van der Waals surface area (Å²) in [6.07, 6.45) is 12.2. The summed E-state index contributed by atoms with van der Waals surface area (Å²) in [6.45, 7) is 4.70. The van der Waals surface area contributed by atoms with Crippen molar-refractivity contribution in [2.24, 2.45) is 0 Å². The number of hydrogen-bond donors (Lipinski definition) is 4. The molecule has 0 aliphatic rings. The molecular weight excluding hydrogens is 412 g/mol. The lowest BCUT2D eigenvalue weighted by molar-refractivity contribution is 0.0554. The van der Waals surface area contributed by atoms with Gasteiger partial charge in [0.15, 0.2) is 12.5 Å². The van der Waals surface area contributed by atoms with E-state index in [0.29, 0.717) is 18.0 Å². The molecule has 0 radical (unpaired) electrons. The Balaban J connectivity index is 1.65. The third kappa shape index (κ3) is 11.0. The molecule has 5 heteroatoms. The second-order valence-corrected chi connectivity index (χ2v) is 8.74. The van der Waals surface area contributed by atoms with Gasteiger partial charge in [-0.3, -0.25) is 0 Å². The standard InChI is InChI=1S/C28H44N2O3/c1-3-5-6-7-8-9-10-11-12-13-16-23-19-21-24(22-20-23)29-27(31)28(32)30-25-17-14-15-18-26(25)33-4-2/h14-15,17-22,27-32H,3-13,16H2,1-2H3. The minimum absolute atomic E-state index is 0.529. The van der Waals surface area contributed by atoms with Crippen LogP contribution in [0.4, 0.5) is 11.4 Å². The van der Waals surface area contributed by atoms with Gasteiger partial charge in [0, 0.05) is 5.69 Å². The van der Waals surface area contributed by atoms with Crippen molar-refractivity contribution < 1.29 is 14.9 Å². The van der Waals surface area contributed by atoms with Crippen LogP contribution in [0.2, 0.25) is 0 Å². The van der Waals surface area contributed by atoms with E-state index in [4.69, 9.17) is 4.74 Å². The van der Waals surface area contributed by atoms with Crippen LogP contribution >= 0.6 is 0 Å². The lowest BCUT2D eigenvalue weighted by Crippen LogP contribution is -2.39. The number of aliphatic hydroxyl groups is 2. The molecule has 184 valence electrons. The van der Waals surface area contributed by atoms with E-state index in [1.807, 2.05) is 43.3 Å². The summed E-state index contributed by atoms with van der Waals surface area (Å²) in [5, 5.41) is 26.6. The minimum Gasteiger partial charge on any atom is -0.492 e. The predicted molar refractivity (Wildman–Crippen MR) is 139 cm³/mol. The van der Waals surface area contributed by atoms with Crippen LogP contribution in [0.25, 0.3) is 0 Å². The Morgan fingerprint density at radius 3 is 1.91 bits per heavy atom. The molecule has 0 aromatic heterocycles. The van der Waals surface area contributed by atoms with E-state index < -0.39 is 12.5 Å². The average Bonchev–Trinajstić information content (AvgIpc) is 2.82. The molecule has 0 aliphatic carbocycles. The van der Waals surface area contributed by atoms with E-state index >= 15 is 0 Å². The zero-order valence-electron chi connectivity index (χ0n) is 20.6. The maximum atomic E-state index is 10.4. The first kappa shape index (κ1) is 27.0. The lowest BCUT2D eigenvalue weighted by Gasteiger charge is -2.23. The number of para-hydroxylation sites is 2. The van der Waals surface area contributed by atoms with Crippen molar-refractivity contribution in [1.82, 2.24) is 0 Å². The highest BCUT2D eigenvalue weighted by molar-refractivity contribution is 5.57. The summed E-state index contributed by atoms with van der Waals surface area (Å²) < 4.78 is 5.55. The van der Waals surface area contributed by atoms with Crippen LogP contribution < -0.4 is 15.4 Å². The van der Waals surface area contributed by atoms with Gasteiger partial charge in [0.25, 0.3) is 0 Å². The zero-order valence-corrected chi connectivity index (χ0v) is 20.6. The normalized spacial score (nSPS) is 12.8.